The Morgan fingerprint density at radius 3 is 2.72 bits per heavy atom. The van der Waals surface area contributed by atoms with E-state index in [0.29, 0.717) is 24.6 Å². The van der Waals surface area contributed by atoms with E-state index in [1.54, 1.807) is 0 Å². The van der Waals surface area contributed by atoms with Crippen molar-refractivity contribution in [3.63, 3.8) is 0 Å². The summed E-state index contributed by atoms with van der Waals surface area (Å²) in [5, 5.41) is 9.90. The number of nitrogens with zero attached hydrogens (tertiary/aromatic N) is 2. The lowest BCUT2D eigenvalue weighted by molar-refractivity contribution is -0.140. The molecule has 25 heavy (non-hydrogen) atoms. The molecule has 1 aromatic rings. The molecule has 0 unspecified atom stereocenters. The van der Waals surface area contributed by atoms with Gasteiger partial charge in [-0.25, -0.2) is 0 Å². The molecular weight excluding hydrogens is 340 g/mol. The first-order valence-corrected chi connectivity index (χ1v) is 9.47. The van der Waals surface area contributed by atoms with Crippen LogP contribution in [0.5, 0.6) is 5.75 Å². The number of likely N-dealkylation sites (tertiary alicyclic amines) is 2. The van der Waals surface area contributed by atoms with Crippen LogP contribution >= 0.6 is 11.6 Å². The smallest absolute Gasteiger partial charge is 0.222 e. The molecule has 0 bridgehead atoms. The Kier molecular flexibility index (Phi) is 6.20. The molecule has 0 radical (unpaired) electrons. The van der Waals surface area contributed by atoms with E-state index in [1.807, 2.05) is 29.2 Å². The second kappa shape index (κ2) is 8.39. The van der Waals surface area contributed by atoms with Gasteiger partial charge in [-0.3, -0.25) is 9.69 Å². The Labute approximate surface area is 154 Å². The summed E-state index contributed by atoms with van der Waals surface area (Å²) < 4.78 is 5.82. The van der Waals surface area contributed by atoms with E-state index in [9.17, 15) is 9.90 Å². The Morgan fingerprint density at radius 2 is 1.96 bits per heavy atom. The van der Waals surface area contributed by atoms with Crippen molar-refractivity contribution >= 4 is 17.5 Å². The minimum atomic E-state index is 0.0421. The summed E-state index contributed by atoms with van der Waals surface area (Å²) in [6.07, 6.45) is 3.89. The average molecular weight is 367 g/mol. The molecule has 1 amide bonds. The van der Waals surface area contributed by atoms with Crippen LogP contribution in [0.4, 0.5) is 0 Å². The molecule has 0 aromatic heterocycles. The van der Waals surface area contributed by atoms with Crippen LogP contribution in [0, 0.1) is 5.41 Å². The normalized spacial score (nSPS) is 24.7. The highest BCUT2D eigenvalue weighted by Gasteiger charge is 2.41. The van der Waals surface area contributed by atoms with E-state index < -0.39 is 0 Å². The zero-order chi connectivity index (χ0) is 17.7. The van der Waals surface area contributed by atoms with Gasteiger partial charge in [0, 0.05) is 43.0 Å². The number of β-amino-alcohol motifs (C(OH)–C–C–N with tert-alkyl or cyclic N) is 1. The van der Waals surface area contributed by atoms with Gasteiger partial charge in [0.1, 0.15) is 12.4 Å². The maximum Gasteiger partial charge on any atom is 0.222 e. The Hall–Kier alpha value is -1.30. The average Bonchev–Trinajstić information content (AvgIpc) is 2.61. The molecule has 1 aromatic carbocycles. The highest BCUT2D eigenvalue weighted by atomic mass is 35.5. The molecule has 2 fully saturated rings. The van der Waals surface area contributed by atoms with Crippen LogP contribution in [0.25, 0.3) is 0 Å². The summed E-state index contributed by atoms with van der Waals surface area (Å²) in [6.45, 7) is 4.91. The zero-order valence-electron chi connectivity index (χ0n) is 14.6. The van der Waals surface area contributed by atoms with E-state index in [2.05, 4.69) is 4.90 Å². The second-order valence-corrected chi connectivity index (χ2v) is 7.66. The third-order valence-corrected chi connectivity index (χ3v) is 5.60. The fraction of sp³-hybridized carbons (Fsp3) is 0.632. The second-order valence-electron chi connectivity index (χ2n) is 7.22. The summed E-state index contributed by atoms with van der Waals surface area (Å²) >= 11 is 5.89. The molecule has 0 saturated carbocycles. The van der Waals surface area contributed by atoms with Crippen molar-refractivity contribution in [2.24, 2.45) is 5.41 Å². The number of carbonyl (C=O) groups excluding carboxylic acids is 1. The Morgan fingerprint density at radius 1 is 1.16 bits per heavy atom. The van der Waals surface area contributed by atoms with E-state index in [1.165, 1.54) is 0 Å². The van der Waals surface area contributed by atoms with Crippen molar-refractivity contribution in [1.29, 1.82) is 0 Å². The fourth-order valence-corrected chi connectivity index (χ4v) is 4.21. The van der Waals surface area contributed by atoms with Gasteiger partial charge in [-0.15, -0.1) is 0 Å². The van der Waals surface area contributed by atoms with Gasteiger partial charge in [0.25, 0.3) is 0 Å². The molecule has 2 heterocycles. The van der Waals surface area contributed by atoms with Gasteiger partial charge in [-0.05, 0) is 50.1 Å². The van der Waals surface area contributed by atoms with Crippen molar-refractivity contribution < 1.29 is 14.6 Å². The first-order chi connectivity index (χ1) is 12.1. The molecule has 3 rings (SSSR count). The number of aliphatic hydroxyl groups excluding tert-OH is 1. The Balaban J connectivity index is 1.50. The minimum absolute atomic E-state index is 0.0421. The summed E-state index contributed by atoms with van der Waals surface area (Å²) in [5.74, 6) is 1.02. The third kappa shape index (κ3) is 4.87. The number of benzene rings is 1. The SMILES string of the molecule is O=C1CC[C@@]2(CCCN(CCOc3ccc(Cl)cc3)C2)CN1CCO. The largest absolute Gasteiger partial charge is 0.492 e. The quantitative estimate of drug-likeness (QED) is 0.840. The molecular formula is C19H27ClN2O3. The van der Waals surface area contributed by atoms with Gasteiger partial charge < -0.3 is 14.7 Å². The van der Waals surface area contributed by atoms with Gasteiger partial charge in [0.2, 0.25) is 5.91 Å². The molecule has 5 nitrogen and oxygen atoms in total. The number of aliphatic hydroxyl groups is 1. The molecule has 1 spiro atoms. The number of hydrogen-bond donors (Lipinski definition) is 1. The first kappa shape index (κ1) is 18.5. The lowest BCUT2D eigenvalue weighted by Gasteiger charge is -2.48. The van der Waals surface area contributed by atoms with Crippen molar-refractivity contribution in [3.8, 4) is 5.75 Å². The topological polar surface area (TPSA) is 53.0 Å². The summed E-state index contributed by atoms with van der Waals surface area (Å²) in [4.78, 5) is 16.3. The monoisotopic (exact) mass is 366 g/mol. The molecule has 2 saturated heterocycles. The van der Waals surface area contributed by atoms with Gasteiger partial charge in [0.05, 0.1) is 6.61 Å². The molecule has 138 valence electrons. The van der Waals surface area contributed by atoms with E-state index >= 15 is 0 Å². The van der Waals surface area contributed by atoms with E-state index in [0.717, 1.165) is 51.2 Å². The van der Waals surface area contributed by atoms with Crippen LogP contribution in [0.1, 0.15) is 25.7 Å². The van der Waals surface area contributed by atoms with Crippen molar-refractivity contribution in [2.75, 3.05) is 45.9 Å². The van der Waals surface area contributed by atoms with Crippen LogP contribution in [-0.4, -0.2) is 66.8 Å². The third-order valence-electron chi connectivity index (χ3n) is 5.35. The first-order valence-electron chi connectivity index (χ1n) is 9.10. The summed E-state index contributed by atoms with van der Waals surface area (Å²) in [6, 6.07) is 7.45. The lowest BCUT2D eigenvalue weighted by Crippen LogP contribution is -2.54. The van der Waals surface area contributed by atoms with Crippen LogP contribution in [0.15, 0.2) is 24.3 Å². The van der Waals surface area contributed by atoms with E-state index in [-0.39, 0.29) is 17.9 Å². The fourth-order valence-electron chi connectivity index (χ4n) is 4.08. The highest BCUT2D eigenvalue weighted by Crippen LogP contribution is 2.38. The number of piperidine rings is 2. The van der Waals surface area contributed by atoms with Crippen molar-refractivity contribution in [2.45, 2.75) is 25.7 Å². The highest BCUT2D eigenvalue weighted by molar-refractivity contribution is 6.30. The minimum Gasteiger partial charge on any atom is -0.492 e. The van der Waals surface area contributed by atoms with Crippen molar-refractivity contribution in [3.05, 3.63) is 29.3 Å². The number of ether oxygens (including phenoxy) is 1. The molecule has 6 heteroatoms. The molecule has 1 atom stereocenters. The maximum absolute atomic E-state index is 12.0. The van der Waals surface area contributed by atoms with Crippen LogP contribution < -0.4 is 4.74 Å². The molecule has 2 aliphatic rings. The number of amides is 1. The van der Waals surface area contributed by atoms with Crippen molar-refractivity contribution in [1.82, 2.24) is 9.80 Å². The standard InChI is InChI=1S/C19H27ClN2O3/c20-16-2-4-17(5-3-16)25-13-11-21-9-1-7-19(14-21)8-6-18(24)22(15-19)10-12-23/h2-5,23H,1,6-15H2/t19-/m1/s1. The van der Waals surface area contributed by atoms with Crippen LogP contribution in [0.2, 0.25) is 5.02 Å². The maximum atomic E-state index is 12.0. The Bertz CT molecular complexity index is 581. The summed E-state index contributed by atoms with van der Waals surface area (Å²) in [7, 11) is 0. The zero-order valence-corrected chi connectivity index (χ0v) is 15.4. The molecule has 1 N–H and O–H groups in total. The van der Waals surface area contributed by atoms with E-state index in [4.69, 9.17) is 16.3 Å². The number of rotatable bonds is 6. The predicted octanol–water partition coefficient (Wildman–Crippen LogP) is 2.42. The van der Waals surface area contributed by atoms with Gasteiger partial charge in [-0.2, -0.15) is 0 Å². The molecule has 0 aliphatic carbocycles. The number of hydrogen-bond acceptors (Lipinski definition) is 4. The molecule has 2 aliphatic heterocycles. The van der Waals surface area contributed by atoms with Gasteiger partial charge >= 0.3 is 0 Å². The van der Waals surface area contributed by atoms with Crippen LogP contribution in [-0.2, 0) is 4.79 Å². The van der Waals surface area contributed by atoms with Gasteiger partial charge in [0.15, 0.2) is 0 Å². The van der Waals surface area contributed by atoms with Crippen LogP contribution in [0.3, 0.4) is 0 Å². The lowest BCUT2D eigenvalue weighted by atomic mass is 9.73. The summed E-state index contributed by atoms with van der Waals surface area (Å²) in [5.41, 5.74) is 0.182. The van der Waals surface area contributed by atoms with Gasteiger partial charge in [-0.1, -0.05) is 11.6 Å². The predicted molar refractivity (Wildman–Crippen MR) is 98.0 cm³/mol. The number of halogens is 1. The number of carbonyl (C=O) groups is 1.